The van der Waals surface area contributed by atoms with Crippen molar-refractivity contribution >= 4 is 16.7 Å². The summed E-state index contributed by atoms with van der Waals surface area (Å²) in [5, 5.41) is 12.1. The molecule has 4 nitrogen and oxygen atoms in total. The number of nitrogens with one attached hydrogen (secondary N) is 1. The first-order chi connectivity index (χ1) is 7.33. The molecule has 1 amide bonds. The van der Waals surface area contributed by atoms with Gasteiger partial charge in [-0.3, -0.25) is 15.1 Å². The summed E-state index contributed by atoms with van der Waals surface area (Å²) in [5.74, 6) is -0.394. The Hall–Kier alpha value is -2.41. The summed E-state index contributed by atoms with van der Waals surface area (Å²) in [7, 11) is 0. The lowest BCUT2D eigenvalue weighted by molar-refractivity contribution is 0.0974. The lowest BCUT2D eigenvalue weighted by Gasteiger charge is -2.02. The van der Waals surface area contributed by atoms with E-state index in [-0.39, 0.29) is 0 Å². The molecular weight excluding hydrogens is 190 g/mol. The molecule has 0 aliphatic heterocycles. The maximum Gasteiger partial charge on any atom is 0.264 e. The molecule has 0 aliphatic rings. The van der Waals surface area contributed by atoms with E-state index in [9.17, 15) is 4.79 Å². The van der Waals surface area contributed by atoms with Gasteiger partial charge in [0.2, 0.25) is 0 Å². The summed E-state index contributed by atoms with van der Waals surface area (Å²) in [6, 6.07) is 7.05. The van der Waals surface area contributed by atoms with Crippen molar-refractivity contribution in [3.05, 3.63) is 42.2 Å². The Labute approximate surface area is 86.2 Å². The van der Waals surface area contributed by atoms with Crippen LogP contribution < -0.4 is 5.32 Å². The van der Waals surface area contributed by atoms with Crippen LogP contribution in [0.3, 0.4) is 0 Å². The van der Waals surface area contributed by atoms with Gasteiger partial charge in [-0.15, -0.1) is 0 Å². The Morgan fingerprint density at radius 1 is 1.40 bits per heavy atom. The number of carbonyl (C=O) groups excluding carboxylic acids is 1. The fraction of sp³-hybridized carbons (Fsp3) is 0. The number of aromatic nitrogens is 1. The Kier molecular flexibility index (Phi) is 2.30. The molecular formula is C11H7N3O. The normalized spacial score (nSPS) is 9.53. The zero-order valence-electron chi connectivity index (χ0n) is 7.77. The minimum Gasteiger partial charge on any atom is -0.268 e. The number of amides is 1. The van der Waals surface area contributed by atoms with E-state index in [2.05, 4.69) is 10.3 Å². The minimum absolute atomic E-state index is 0.394. The second-order valence-corrected chi connectivity index (χ2v) is 2.97. The average Bonchev–Trinajstić information content (AvgIpc) is 2.28. The summed E-state index contributed by atoms with van der Waals surface area (Å²) in [4.78, 5) is 15.5. The Balaban J connectivity index is 2.62. The molecule has 0 saturated carbocycles. The maximum absolute atomic E-state index is 11.5. The van der Waals surface area contributed by atoms with Crippen LogP contribution >= 0.6 is 0 Å². The number of fused-ring (bicyclic) bond motifs is 1. The van der Waals surface area contributed by atoms with E-state index >= 15 is 0 Å². The number of pyridine rings is 1. The monoisotopic (exact) mass is 197 g/mol. The molecule has 0 bridgehead atoms. The van der Waals surface area contributed by atoms with Crippen molar-refractivity contribution in [2.75, 3.05) is 0 Å². The van der Waals surface area contributed by atoms with Crippen molar-refractivity contribution in [3.8, 4) is 6.19 Å². The van der Waals surface area contributed by atoms with Crippen LogP contribution in [0.25, 0.3) is 10.8 Å². The van der Waals surface area contributed by atoms with E-state index in [1.54, 1.807) is 36.8 Å². The van der Waals surface area contributed by atoms with Crippen LogP contribution in [-0.4, -0.2) is 10.9 Å². The quantitative estimate of drug-likeness (QED) is 0.555. The predicted molar refractivity (Wildman–Crippen MR) is 54.8 cm³/mol. The molecule has 1 aromatic carbocycles. The van der Waals surface area contributed by atoms with E-state index in [1.165, 1.54) is 0 Å². The molecule has 15 heavy (non-hydrogen) atoms. The van der Waals surface area contributed by atoms with E-state index < -0.39 is 5.91 Å². The fourth-order valence-electron chi connectivity index (χ4n) is 1.44. The van der Waals surface area contributed by atoms with Crippen LogP contribution in [0.4, 0.5) is 0 Å². The first kappa shape index (κ1) is 9.16. The molecule has 1 aromatic heterocycles. The SMILES string of the molecule is N#CNC(=O)c1cccc2cnccc12. The van der Waals surface area contributed by atoms with E-state index in [1.807, 2.05) is 6.07 Å². The van der Waals surface area contributed by atoms with Gasteiger partial charge in [-0.2, -0.15) is 5.26 Å². The minimum atomic E-state index is -0.394. The predicted octanol–water partition coefficient (Wildman–Crippen LogP) is 1.45. The number of carbonyl (C=O) groups is 1. The number of hydrogen-bond acceptors (Lipinski definition) is 3. The third-order valence-electron chi connectivity index (χ3n) is 2.09. The molecule has 0 atom stereocenters. The zero-order valence-corrected chi connectivity index (χ0v) is 7.77. The van der Waals surface area contributed by atoms with Gasteiger partial charge in [0.15, 0.2) is 6.19 Å². The maximum atomic E-state index is 11.5. The highest BCUT2D eigenvalue weighted by Gasteiger charge is 2.08. The van der Waals surface area contributed by atoms with Crippen molar-refractivity contribution in [2.45, 2.75) is 0 Å². The highest BCUT2D eigenvalue weighted by atomic mass is 16.1. The molecule has 2 aromatic rings. The Morgan fingerprint density at radius 2 is 2.27 bits per heavy atom. The van der Waals surface area contributed by atoms with Crippen LogP contribution in [0.1, 0.15) is 10.4 Å². The van der Waals surface area contributed by atoms with Gasteiger partial charge in [0.25, 0.3) is 5.91 Å². The molecule has 0 aliphatic carbocycles. The van der Waals surface area contributed by atoms with Crippen LogP contribution in [0.5, 0.6) is 0 Å². The van der Waals surface area contributed by atoms with Gasteiger partial charge in [-0.1, -0.05) is 12.1 Å². The summed E-state index contributed by atoms with van der Waals surface area (Å²) in [6.07, 6.45) is 4.91. The molecule has 1 N–H and O–H groups in total. The third kappa shape index (κ3) is 1.63. The van der Waals surface area contributed by atoms with Crippen LogP contribution in [-0.2, 0) is 0 Å². The molecule has 0 radical (unpaired) electrons. The Bertz CT molecular complexity index is 552. The standard InChI is InChI=1S/C11H7N3O/c12-7-14-11(15)10-3-1-2-8-6-13-5-4-9(8)10/h1-6H,(H,14,15). The number of nitriles is 1. The largest absolute Gasteiger partial charge is 0.268 e. The van der Waals surface area contributed by atoms with Crippen molar-refractivity contribution < 1.29 is 4.79 Å². The van der Waals surface area contributed by atoms with E-state index in [4.69, 9.17) is 5.26 Å². The van der Waals surface area contributed by atoms with Crippen LogP contribution in [0.15, 0.2) is 36.7 Å². The van der Waals surface area contributed by atoms with Crippen molar-refractivity contribution in [1.29, 1.82) is 5.26 Å². The number of benzene rings is 1. The molecule has 72 valence electrons. The van der Waals surface area contributed by atoms with Crippen molar-refractivity contribution in [3.63, 3.8) is 0 Å². The second kappa shape index (κ2) is 3.76. The lowest BCUT2D eigenvalue weighted by Crippen LogP contribution is -2.17. The summed E-state index contributed by atoms with van der Waals surface area (Å²) < 4.78 is 0. The van der Waals surface area contributed by atoms with Gasteiger partial charge in [-0.05, 0) is 17.5 Å². The van der Waals surface area contributed by atoms with Crippen molar-refractivity contribution in [1.82, 2.24) is 10.3 Å². The molecule has 2 rings (SSSR count). The third-order valence-corrected chi connectivity index (χ3v) is 2.09. The van der Waals surface area contributed by atoms with Crippen LogP contribution in [0, 0.1) is 11.5 Å². The molecule has 1 heterocycles. The molecule has 0 saturated heterocycles. The Morgan fingerprint density at radius 3 is 3.07 bits per heavy atom. The molecule has 0 spiro atoms. The molecule has 0 fully saturated rings. The van der Waals surface area contributed by atoms with E-state index in [0.29, 0.717) is 5.56 Å². The number of rotatable bonds is 1. The average molecular weight is 197 g/mol. The topological polar surface area (TPSA) is 65.8 Å². The first-order valence-corrected chi connectivity index (χ1v) is 4.35. The van der Waals surface area contributed by atoms with Crippen molar-refractivity contribution in [2.24, 2.45) is 0 Å². The highest BCUT2D eigenvalue weighted by molar-refractivity contribution is 6.07. The number of hydrogen-bond donors (Lipinski definition) is 1. The fourth-order valence-corrected chi connectivity index (χ4v) is 1.44. The molecule has 0 unspecified atom stereocenters. The smallest absolute Gasteiger partial charge is 0.264 e. The van der Waals surface area contributed by atoms with Gasteiger partial charge >= 0.3 is 0 Å². The summed E-state index contributed by atoms with van der Waals surface area (Å²) in [6.45, 7) is 0. The van der Waals surface area contributed by atoms with Gasteiger partial charge in [0.1, 0.15) is 0 Å². The second-order valence-electron chi connectivity index (χ2n) is 2.97. The summed E-state index contributed by atoms with van der Waals surface area (Å²) >= 11 is 0. The van der Waals surface area contributed by atoms with Gasteiger partial charge in [-0.25, -0.2) is 0 Å². The lowest BCUT2D eigenvalue weighted by atomic mass is 10.1. The van der Waals surface area contributed by atoms with Gasteiger partial charge < -0.3 is 0 Å². The molecule has 4 heteroatoms. The zero-order chi connectivity index (χ0) is 10.7. The van der Waals surface area contributed by atoms with Crippen LogP contribution in [0.2, 0.25) is 0 Å². The van der Waals surface area contributed by atoms with Gasteiger partial charge in [0.05, 0.1) is 0 Å². The van der Waals surface area contributed by atoms with E-state index in [0.717, 1.165) is 10.8 Å². The first-order valence-electron chi connectivity index (χ1n) is 4.35. The van der Waals surface area contributed by atoms with Gasteiger partial charge in [0, 0.05) is 23.3 Å². The highest BCUT2D eigenvalue weighted by Crippen LogP contribution is 2.16. The number of nitrogens with zero attached hydrogens (tertiary/aromatic N) is 2. The summed E-state index contributed by atoms with van der Waals surface area (Å²) in [5.41, 5.74) is 0.483.